The number of nitrogens with zero attached hydrogens (tertiary/aromatic N) is 1. The summed E-state index contributed by atoms with van der Waals surface area (Å²) in [6.45, 7) is 0. The first-order valence-corrected chi connectivity index (χ1v) is 9.07. The number of benzene rings is 2. The topological polar surface area (TPSA) is 77.4 Å². The van der Waals surface area contributed by atoms with Crippen LogP contribution in [0.4, 0.5) is 5.69 Å². The first kappa shape index (κ1) is 18.1. The third kappa shape index (κ3) is 3.59. The minimum Gasteiger partial charge on any atom is -0.469 e. The molecule has 0 spiro atoms. The van der Waals surface area contributed by atoms with Crippen LogP contribution in [0.3, 0.4) is 0 Å². The minimum atomic E-state index is -0.470. The summed E-state index contributed by atoms with van der Waals surface area (Å²) in [5, 5.41) is 3.51. The number of hydrogen-bond donors (Lipinski definition) is 1. The molecule has 4 rings (SSSR count). The maximum Gasteiger partial charge on any atom is 0.419 e. The van der Waals surface area contributed by atoms with Crippen molar-refractivity contribution in [2.24, 2.45) is 7.05 Å². The monoisotopic (exact) mass is 396 g/mol. The number of rotatable bonds is 5. The number of aromatic nitrogens is 1. The lowest BCUT2D eigenvalue weighted by atomic mass is 9.93. The number of oxazole rings is 1. The Morgan fingerprint density at radius 3 is 2.68 bits per heavy atom. The first-order chi connectivity index (χ1) is 13.5. The van der Waals surface area contributed by atoms with Crippen LogP contribution in [0.1, 0.15) is 17.2 Å². The first-order valence-electron chi connectivity index (χ1n) is 8.69. The number of amides is 1. The van der Waals surface area contributed by atoms with Crippen LogP contribution >= 0.6 is 11.6 Å². The van der Waals surface area contributed by atoms with E-state index in [4.69, 9.17) is 20.4 Å². The molecule has 142 valence electrons. The van der Waals surface area contributed by atoms with Crippen LogP contribution in [0.2, 0.25) is 5.02 Å². The van der Waals surface area contributed by atoms with Crippen molar-refractivity contribution in [3.63, 3.8) is 0 Å². The molecule has 1 N–H and O–H groups in total. The van der Waals surface area contributed by atoms with E-state index in [9.17, 15) is 9.59 Å². The highest BCUT2D eigenvalue weighted by Crippen LogP contribution is 2.26. The van der Waals surface area contributed by atoms with E-state index in [1.54, 1.807) is 49.7 Å². The van der Waals surface area contributed by atoms with Crippen LogP contribution in [0.25, 0.3) is 11.1 Å². The number of fused-ring (bicyclic) bond motifs is 1. The Morgan fingerprint density at radius 2 is 1.96 bits per heavy atom. The molecule has 0 bridgehead atoms. The predicted octanol–water partition coefficient (Wildman–Crippen LogP) is 4.34. The molecule has 4 aromatic rings. The van der Waals surface area contributed by atoms with Gasteiger partial charge in [0.15, 0.2) is 5.58 Å². The zero-order valence-electron chi connectivity index (χ0n) is 15.0. The summed E-state index contributed by atoms with van der Waals surface area (Å²) in [7, 11) is 1.63. The lowest BCUT2D eigenvalue weighted by molar-refractivity contribution is -0.117. The van der Waals surface area contributed by atoms with E-state index in [1.165, 1.54) is 4.57 Å². The van der Waals surface area contributed by atoms with Gasteiger partial charge >= 0.3 is 5.76 Å². The van der Waals surface area contributed by atoms with Crippen molar-refractivity contribution in [2.75, 3.05) is 5.32 Å². The highest BCUT2D eigenvalue weighted by Gasteiger charge is 2.23. The van der Waals surface area contributed by atoms with E-state index in [0.29, 0.717) is 34.0 Å². The van der Waals surface area contributed by atoms with Gasteiger partial charge in [-0.25, -0.2) is 4.79 Å². The van der Waals surface area contributed by atoms with E-state index in [0.717, 1.165) is 5.56 Å². The summed E-state index contributed by atoms with van der Waals surface area (Å²) < 4.78 is 12.0. The Balaban J connectivity index is 1.63. The van der Waals surface area contributed by atoms with E-state index >= 15 is 0 Å². The van der Waals surface area contributed by atoms with Crippen molar-refractivity contribution < 1.29 is 13.6 Å². The van der Waals surface area contributed by atoms with Gasteiger partial charge in [-0.1, -0.05) is 23.7 Å². The molecular formula is C21H17ClN2O4. The smallest absolute Gasteiger partial charge is 0.419 e. The third-order valence-corrected chi connectivity index (χ3v) is 4.89. The Kier molecular flexibility index (Phi) is 4.79. The summed E-state index contributed by atoms with van der Waals surface area (Å²) in [4.78, 5) is 24.7. The van der Waals surface area contributed by atoms with Gasteiger partial charge in [0.1, 0.15) is 5.76 Å². The fourth-order valence-corrected chi connectivity index (χ4v) is 3.25. The molecule has 2 aromatic carbocycles. The molecule has 2 aromatic heterocycles. The molecule has 0 fully saturated rings. The Labute approximate surface area is 165 Å². The molecule has 1 unspecified atom stereocenters. The number of aryl methyl sites for hydroxylation is 1. The minimum absolute atomic E-state index is 0.198. The Morgan fingerprint density at radius 1 is 1.18 bits per heavy atom. The van der Waals surface area contributed by atoms with Crippen molar-refractivity contribution in [1.29, 1.82) is 0 Å². The van der Waals surface area contributed by atoms with Gasteiger partial charge in [-0.3, -0.25) is 9.36 Å². The summed E-state index contributed by atoms with van der Waals surface area (Å²) in [6, 6.07) is 15.9. The van der Waals surface area contributed by atoms with Crippen LogP contribution in [-0.4, -0.2) is 10.5 Å². The third-order valence-electron chi connectivity index (χ3n) is 4.63. The molecule has 28 heavy (non-hydrogen) atoms. The molecule has 0 aliphatic heterocycles. The zero-order valence-corrected chi connectivity index (χ0v) is 15.8. The van der Waals surface area contributed by atoms with Crippen LogP contribution < -0.4 is 11.1 Å². The lowest BCUT2D eigenvalue weighted by Crippen LogP contribution is -2.23. The van der Waals surface area contributed by atoms with Gasteiger partial charge in [-0.15, -0.1) is 0 Å². The number of carbonyl (C=O) groups is 1. The van der Waals surface area contributed by atoms with Gasteiger partial charge in [0.05, 0.1) is 17.7 Å². The second kappa shape index (κ2) is 7.40. The summed E-state index contributed by atoms with van der Waals surface area (Å²) in [5.41, 5.74) is 2.45. The summed E-state index contributed by atoms with van der Waals surface area (Å²) >= 11 is 5.98. The van der Waals surface area contributed by atoms with E-state index in [2.05, 4.69) is 5.32 Å². The highest BCUT2D eigenvalue weighted by atomic mass is 35.5. The van der Waals surface area contributed by atoms with Crippen molar-refractivity contribution in [3.05, 3.63) is 87.8 Å². The molecule has 7 heteroatoms. The van der Waals surface area contributed by atoms with Gasteiger partial charge in [0, 0.05) is 30.2 Å². The van der Waals surface area contributed by atoms with Crippen molar-refractivity contribution >= 4 is 34.3 Å². The summed E-state index contributed by atoms with van der Waals surface area (Å²) in [5.74, 6) is -0.409. The molecule has 1 atom stereocenters. The number of halogens is 1. The number of hydrogen-bond acceptors (Lipinski definition) is 4. The highest BCUT2D eigenvalue weighted by molar-refractivity contribution is 6.30. The van der Waals surface area contributed by atoms with Gasteiger partial charge in [-0.05, 0) is 42.0 Å². The fraction of sp³-hybridized carbons (Fsp3) is 0.143. The van der Waals surface area contributed by atoms with Crippen molar-refractivity contribution in [2.45, 2.75) is 12.3 Å². The maximum atomic E-state index is 13.0. The Bertz CT molecular complexity index is 1170. The number of carbonyl (C=O) groups excluding carboxylic acids is 1. The summed E-state index contributed by atoms with van der Waals surface area (Å²) in [6.07, 6.45) is 1.99. The van der Waals surface area contributed by atoms with Crippen LogP contribution in [0.5, 0.6) is 0 Å². The standard InChI is InChI=1S/C21H17ClN2O4/c1-24-18-9-8-15(11-19(18)28-21(24)26)23-20(25)17(12-16-3-2-10-27-16)13-4-6-14(22)7-5-13/h2-11,17H,12H2,1H3,(H,23,25). The zero-order chi connectivity index (χ0) is 19.7. The molecule has 0 aliphatic carbocycles. The molecule has 0 saturated heterocycles. The van der Waals surface area contributed by atoms with E-state index in [1.807, 2.05) is 18.2 Å². The van der Waals surface area contributed by atoms with Crippen LogP contribution in [0.15, 0.2) is 74.5 Å². The van der Waals surface area contributed by atoms with Gasteiger partial charge in [0.25, 0.3) is 0 Å². The second-order valence-electron chi connectivity index (χ2n) is 6.49. The lowest BCUT2D eigenvalue weighted by Gasteiger charge is -2.16. The molecule has 2 heterocycles. The molecule has 0 saturated carbocycles. The molecule has 1 amide bonds. The molecule has 6 nitrogen and oxygen atoms in total. The average molecular weight is 397 g/mol. The largest absolute Gasteiger partial charge is 0.469 e. The van der Waals surface area contributed by atoms with Gasteiger partial charge in [-0.2, -0.15) is 0 Å². The van der Waals surface area contributed by atoms with Crippen molar-refractivity contribution in [3.8, 4) is 0 Å². The molecule has 0 radical (unpaired) electrons. The molecular weight excluding hydrogens is 380 g/mol. The van der Waals surface area contributed by atoms with Crippen molar-refractivity contribution in [1.82, 2.24) is 4.57 Å². The van der Waals surface area contributed by atoms with E-state index < -0.39 is 11.7 Å². The predicted molar refractivity (Wildman–Crippen MR) is 107 cm³/mol. The van der Waals surface area contributed by atoms with Gasteiger partial charge < -0.3 is 14.2 Å². The fourth-order valence-electron chi connectivity index (χ4n) is 3.13. The van der Waals surface area contributed by atoms with Crippen LogP contribution in [0, 0.1) is 0 Å². The normalized spacial score (nSPS) is 12.2. The SMILES string of the molecule is Cn1c(=O)oc2cc(NC(=O)C(Cc3ccco3)c3ccc(Cl)cc3)ccc21. The number of anilines is 1. The van der Waals surface area contributed by atoms with Gasteiger partial charge in [0.2, 0.25) is 5.91 Å². The average Bonchev–Trinajstić information content (AvgIpc) is 3.29. The van der Waals surface area contributed by atoms with Crippen LogP contribution in [-0.2, 0) is 18.3 Å². The maximum absolute atomic E-state index is 13.0. The molecule has 0 aliphatic rings. The quantitative estimate of drug-likeness (QED) is 0.544. The number of furan rings is 1. The Hall–Kier alpha value is -3.25. The number of nitrogens with one attached hydrogen (secondary N) is 1. The van der Waals surface area contributed by atoms with E-state index in [-0.39, 0.29) is 5.91 Å². The second-order valence-corrected chi connectivity index (χ2v) is 6.92.